The van der Waals surface area contributed by atoms with E-state index in [0.717, 1.165) is 17.1 Å². The molecule has 0 unspecified atom stereocenters. The minimum Gasteiger partial charge on any atom is -0.388 e. The molecule has 2 heterocycles. The van der Waals surface area contributed by atoms with Crippen LogP contribution in [-0.2, 0) is 11.4 Å². The first-order valence-corrected chi connectivity index (χ1v) is 6.97. The van der Waals surface area contributed by atoms with Crippen LogP contribution >= 0.6 is 11.3 Å². The van der Waals surface area contributed by atoms with E-state index in [2.05, 4.69) is 24.2 Å². The topological polar surface area (TPSA) is 73.6 Å². The molecule has 0 aromatic carbocycles. The van der Waals surface area contributed by atoms with Gasteiger partial charge in [-0.15, -0.1) is 11.3 Å². The van der Waals surface area contributed by atoms with Gasteiger partial charge in [-0.05, 0) is 17.4 Å². The molecule has 19 heavy (non-hydrogen) atoms. The first-order chi connectivity index (χ1) is 9.15. The molecule has 2 aromatic heterocycles. The highest BCUT2D eigenvalue weighted by Gasteiger charge is 2.07. The summed E-state index contributed by atoms with van der Waals surface area (Å²) < 4.78 is 5.23. The molecule has 0 aliphatic carbocycles. The minimum atomic E-state index is 0.258. The second-order valence-electron chi connectivity index (χ2n) is 4.61. The third-order valence-corrected chi connectivity index (χ3v) is 3.22. The van der Waals surface area contributed by atoms with Crippen LogP contribution in [0.15, 0.2) is 33.3 Å². The quantitative estimate of drug-likeness (QED) is 0.500. The van der Waals surface area contributed by atoms with Gasteiger partial charge in [0.15, 0.2) is 12.4 Å². The fourth-order valence-electron chi connectivity index (χ4n) is 1.55. The van der Waals surface area contributed by atoms with E-state index in [0.29, 0.717) is 17.4 Å². The molecule has 0 saturated carbocycles. The van der Waals surface area contributed by atoms with Gasteiger partial charge in [-0.1, -0.05) is 30.2 Å². The number of thiophene rings is 1. The van der Waals surface area contributed by atoms with E-state index in [1.807, 2.05) is 23.6 Å². The number of hydrogen-bond acceptors (Lipinski definition) is 5. The van der Waals surface area contributed by atoms with Gasteiger partial charge >= 0.3 is 0 Å². The highest BCUT2D eigenvalue weighted by atomic mass is 32.1. The Hall–Kier alpha value is -1.82. The summed E-state index contributed by atoms with van der Waals surface area (Å²) in [6.07, 6.45) is 0.721. The molecule has 2 rings (SSSR count). The van der Waals surface area contributed by atoms with E-state index in [1.165, 1.54) is 0 Å². The SMILES string of the molecule is CC(C)CC(N)=NOCc1cc(-c2cccs2)on1. The molecule has 2 N–H and O–H groups in total. The number of hydrogen-bond donors (Lipinski definition) is 1. The lowest BCUT2D eigenvalue weighted by Gasteiger charge is -2.02. The predicted molar refractivity (Wildman–Crippen MR) is 75.7 cm³/mol. The first kappa shape index (κ1) is 13.6. The largest absolute Gasteiger partial charge is 0.388 e. The number of oxime groups is 1. The zero-order valence-electron chi connectivity index (χ0n) is 11.0. The van der Waals surface area contributed by atoms with E-state index in [-0.39, 0.29) is 6.61 Å². The molecule has 0 atom stereocenters. The molecule has 0 saturated heterocycles. The van der Waals surface area contributed by atoms with Crippen molar-refractivity contribution in [2.45, 2.75) is 26.9 Å². The van der Waals surface area contributed by atoms with E-state index in [9.17, 15) is 0 Å². The molecule has 2 aromatic rings. The first-order valence-electron chi connectivity index (χ1n) is 6.09. The maximum Gasteiger partial charge on any atom is 0.177 e. The summed E-state index contributed by atoms with van der Waals surface area (Å²) in [4.78, 5) is 6.20. The van der Waals surface area contributed by atoms with Gasteiger partial charge in [-0.3, -0.25) is 0 Å². The zero-order chi connectivity index (χ0) is 13.7. The van der Waals surface area contributed by atoms with Crippen LogP contribution in [0.3, 0.4) is 0 Å². The van der Waals surface area contributed by atoms with Crippen LogP contribution in [0.1, 0.15) is 26.0 Å². The average Bonchev–Trinajstić information content (AvgIpc) is 2.97. The predicted octanol–water partition coefficient (Wildman–Crippen LogP) is 3.24. The number of nitrogens with two attached hydrogens (primary N) is 1. The van der Waals surface area contributed by atoms with E-state index in [4.69, 9.17) is 15.1 Å². The fraction of sp³-hybridized carbons (Fsp3) is 0.385. The monoisotopic (exact) mass is 279 g/mol. The second kappa shape index (κ2) is 6.38. The summed E-state index contributed by atoms with van der Waals surface area (Å²) in [5, 5.41) is 9.76. The summed E-state index contributed by atoms with van der Waals surface area (Å²) in [5.74, 6) is 1.70. The van der Waals surface area contributed by atoms with Crippen LogP contribution in [0.25, 0.3) is 10.6 Å². The molecule has 6 heteroatoms. The van der Waals surface area contributed by atoms with Gasteiger partial charge < -0.3 is 15.1 Å². The smallest absolute Gasteiger partial charge is 0.177 e. The van der Waals surface area contributed by atoms with Crippen LogP contribution in [0.4, 0.5) is 0 Å². The molecule has 102 valence electrons. The Kier molecular flexibility index (Phi) is 4.57. The van der Waals surface area contributed by atoms with Gasteiger partial charge in [-0.2, -0.15) is 0 Å². The molecule has 0 bridgehead atoms. The number of nitrogens with zero attached hydrogens (tertiary/aromatic N) is 2. The zero-order valence-corrected chi connectivity index (χ0v) is 11.8. The van der Waals surface area contributed by atoms with Crippen LogP contribution in [0.5, 0.6) is 0 Å². The van der Waals surface area contributed by atoms with Gasteiger partial charge in [-0.25, -0.2) is 0 Å². The van der Waals surface area contributed by atoms with Gasteiger partial charge in [0.25, 0.3) is 0 Å². The summed E-state index contributed by atoms with van der Waals surface area (Å²) >= 11 is 1.60. The molecular formula is C13H17N3O2S. The minimum absolute atomic E-state index is 0.258. The van der Waals surface area contributed by atoms with Gasteiger partial charge in [0.05, 0.1) is 4.88 Å². The van der Waals surface area contributed by atoms with Crippen molar-refractivity contribution in [1.82, 2.24) is 5.16 Å². The lowest BCUT2D eigenvalue weighted by molar-refractivity contribution is 0.124. The molecule has 0 aliphatic heterocycles. The van der Waals surface area contributed by atoms with Crippen molar-refractivity contribution < 1.29 is 9.36 Å². The average molecular weight is 279 g/mol. The van der Waals surface area contributed by atoms with Crippen molar-refractivity contribution in [2.24, 2.45) is 16.8 Å². The van der Waals surface area contributed by atoms with E-state index >= 15 is 0 Å². The summed E-state index contributed by atoms with van der Waals surface area (Å²) in [6, 6.07) is 5.80. The lowest BCUT2D eigenvalue weighted by atomic mass is 10.1. The number of rotatable bonds is 6. The van der Waals surface area contributed by atoms with E-state index in [1.54, 1.807) is 11.3 Å². The highest BCUT2D eigenvalue weighted by Crippen LogP contribution is 2.25. The number of aromatic nitrogens is 1. The molecule has 0 aliphatic rings. The second-order valence-corrected chi connectivity index (χ2v) is 5.56. The Balaban J connectivity index is 1.87. The van der Waals surface area contributed by atoms with Gasteiger partial charge in [0, 0.05) is 12.5 Å². The van der Waals surface area contributed by atoms with Crippen molar-refractivity contribution in [3.63, 3.8) is 0 Å². The maximum absolute atomic E-state index is 5.70. The summed E-state index contributed by atoms with van der Waals surface area (Å²) in [5.41, 5.74) is 6.40. The van der Waals surface area contributed by atoms with Crippen LogP contribution in [0, 0.1) is 5.92 Å². The van der Waals surface area contributed by atoms with Crippen molar-refractivity contribution in [3.8, 4) is 10.6 Å². The van der Waals surface area contributed by atoms with Crippen molar-refractivity contribution >= 4 is 17.2 Å². The number of amidine groups is 1. The Morgan fingerprint density at radius 1 is 1.58 bits per heavy atom. The molecule has 5 nitrogen and oxygen atoms in total. The third kappa shape index (κ3) is 4.10. The molecule has 0 fully saturated rings. The Bertz CT molecular complexity index is 532. The Morgan fingerprint density at radius 3 is 3.11 bits per heavy atom. The van der Waals surface area contributed by atoms with Gasteiger partial charge in [0.1, 0.15) is 11.5 Å². The molecule has 0 amide bonds. The Morgan fingerprint density at radius 2 is 2.42 bits per heavy atom. The van der Waals surface area contributed by atoms with Crippen LogP contribution < -0.4 is 5.73 Å². The van der Waals surface area contributed by atoms with Crippen LogP contribution in [-0.4, -0.2) is 11.0 Å². The van der Waals surface area contributed by atoms with Crippen molar-refractivity contribution in [2.75, 3.05) is 0 Å². The maximum atomic E-state index is 5.70. The highest BCUT2D eigenvalue weighted by molar-refractivity contribution is 7.13. The van der Waals surface area contributed by atoms with Gasteiger partial charge in [0.2, 0.25) is 0 Å². The van der Waals surface area contributed by atoms with E-state index < -0.39 is 0 Å². The fourth-order valence-corrected chi connectivity index (χ4v) is 2.22. The van der Waals surface area contributed by atoms with Crippen molar-refractivity contribution in [3.05, 3.63) is 29.3 Å². The molecule has 0 radical (unpaired) electrons. The van der Waals surface area contributed by atoms with Crippen molar-refractivity contribution in [1.29, 1.82) is 0 Å². The summed E-state index contributed by atoms with van der Waals surface area (Å²) in [6.45, 7) is 4.41. The molecule has 0 spiro atoms. The lowest BCUT2D eigenvalue weighted by Crippen LogP contribution is -2.14. The third-order valence-electron chi connectivity index (χ3n) is 2.33. The normalized spacial score (nSPS) is 12.1. The molecular weight excluding hydrogens is 262 g/mol. The Labute approximate surface area is 116 Å². The summed E-state index contributed by atoms with van der Waals surface area (Å²) in [7, 11) is 0. The van der Waals surface area contributed by atoms with Crippen LogP contribution in [0.2, 0.25) is 0 Å². The standard InChI is InChI=1S/C13H17N3O2S/c1-9(2)6-13(14)16-17-8-10-7-11(18-15-10)12-4-3-5-19-12/h3-5,7,9H,6,8H2,1-2H3,(H2,14,16).